The van der Waals surface area contributed by atoms with E-state index in [-0.39, 0.29) is 5.91 Å². The van der Waals surface area contributed by atoms with Crippen molar-refractivity contribution in [1.29, 1.82) is 0 Å². The molecule has 1 aromatic carbocycles. The van der Waals surface area contributed by atoms with Crippen molar-refractivity contribution in [2.45, 2.75) is 38.4 Å². The molecule has 0 radical (unpaired) electrons. The molecule has 1 atom stereocenters. The summed E-state index contributed by atoms with van der Waals surface area (Å²) < 4.78 is 0. The zero-order valence-corrected chi connectivity index (χ0v) is 14.7. The second kappa shape index (κ2) is 7.97. The van der Waals surface area contributed by atoms with E-state index in [2.05, 4.69) is 39.9 Å². The van der Waals surface area contributed by atoms with Gasteiger partial charge in [0, 0.05) is 43.5 Å². The molecule has 0 aliphatic carbocycles. The number of fused-ring (bicyclic) bond motifs is 1. The Kier molecular flexibility index (Phi) is 5.72. The maximum absolute atomic E-state index is 12.1. The second-order valence-corrected chi connectivity index (χ2v) is 6.76. The Labute approximate surface area is 151 Å². The molecule has 126 valence electrons. The monoisotopic (exact) mass is 363 g/mol. The van der Waals surface area contributed by atoms with E-state index in [1.807, 2.05) is 0 Å². The van der Waals surface area contributed by atoms with Crippen molar-refractivity contribution < 1.29 is 4.79 Å². The van der Waals surface area contributed by atoms with E-state index in [9.17, 15) is 4.79 Å². The molecular formula is C18H19Cl2N3O. The molecule has 3 rings (SSSR count). The van der Waals surface area contributed by atoms with Crippen LogP contribution < -0.4 is 10.6 Å². The van der Waals surface area contributed by atoms with Crippen LogP contribution in [-0.4, -0.2) is 16.9 Å². The van der Waals surface area contributed by atoms with Crippen LogP contribution in [0.1, 0.15) is 29.5 Å². The minimum Gasteiger partial charge on any atom is -0.352 e. The predicted octanol–water partition coefficient (Wildman–Crippen LogP) is 3.50. The lowest BCUT2D eigenvalue weighted by molar-refractivity contribution is -0.121. The number of nitrogens with zero attached hydrogens (tertiary/aromatic N) is 1. The molecule has 2 N–H and O–H groups in total. The van der Waals surface area contributed by atoms with E-state index in [0.29, 0.717) is 34.6 Å². The first-order valence-electron chi connectivity index (χ1n) is 7.98. The maximum Gasteiger partial charge on any atom is 0.220 e. The lowest BCUT2D eigenvalue weighted by atomic mass is 9.93. The van der Waals surface area contributed by atoms with Gasteiger partial charge in [0.05, 0.1) is 10.0 Å². The summed E-state index contributed by atoms with van der Waals surface area (Å²) in [4.78, 5) is 16.0. The quantitative estimate of drug-likeness (QED) is 0.854. The number of pyridine rings is 1. The number of aromatic nitrogens is 1. The molecule has 1 amide bonds. The van der Waals surface area contributed by atoms with E-state index in [1.165, 1.54) is 23.5 Å². The third kappa shape index (κ3) is 4.26. The molecule has 1 aliphatic rings. The van der Waals surface area contributed by atoms with Crippen LogP contribution in [0.4, 0.5) is 0 Å². The lowest BCUT2D eigenvalue weighted by Gasteiger charge is -2.26. The number of carbonyl (C=O) groups excluding carboxylic acids is 1. The van der Waals surface area contributed by atoms with Crippen LogP contribution >= 0.6 is 23.2 Å². The van der Waals surface area contributed by atoms with Gasteiger partial charge < -0.3 is 10.6 Å². The lowest BCUT2D eigenvalue weighted by Crippen LogP contribution is -2.36. The van der Waals surface area contributed by atoms with Crippen molar-refractivity contribution in [2.75, 3.05) is 0 Å². The highest BCUT2D eigenvalue weighted by atomic mass is 35.5. The number of benzene rings is 1. The third-order valence-electron chi connectivity index (χ3n) is 4.30. The summed E-state index contributed by atoms with van der Waals surface area (Å²) in [5.41, 5.74) is 3.42. The Morgan fingerprint density at radius 2 is 1.92 bits per heavy atom. The molecule has 0 fully saturated rings. The summed E-state index contributed by atoms with van der Waals surface area (Å²) in [6, 6.07) is 8.77. The number of hydrogen-bond donors (Lipinski definition) is 2. The Morgan fingerprint density at radius 1 is 1.21 bits per heavy atom. The summed E-state index contributed by atoms with van der Waals surface area (Å²) >= 11 is 12.1. The number of halogens is 2. The van der Waals surface area contributed by atoms with Gasteiger partial charge in [-0.2, -0.15) is 0 Å². The summed E-state index contributed by atoms with van der Waals surface area (Å²) in [5, 5.41) is 7.30. The van der Waals surface area contributed by atoms with Gasteiger partial charge in [0.25, 0.3) is 0 Å². The van der Waals surface area contributed by atoms with Gasteiger partial charge in [-0.25, -0.2) is 0 Å². The van der Waals surface area contributed by atoms with Gasteiger partial charge in [0.2, 0.25) is 5.91 Å². The Hall–Kier alpha value is -1.62. The number of amides is 1. The Balaban J connectivity index is 1.47. The van der Waals surface area contributed by atoms with E-state index >= 15 is 0 Å². The van der Waals surface area contributed by atoms with E-state index in [4.69, 9.17) is 23.2 Å². The molecule has 0 bridgehead atoms. The van der Waals surface area contributed by atoms with Gasteiger partial charge in [-0.05, 0) is 24.0 Å². The fourth-order valence-electron chi connectivity index (χ4n) is 2.91. The SMILES string of the molecule is O=C(CCC1Cc2ccccc2CN1)NCc1c(Cl)cncc1Cl. The van der Waals surface area contributed by atoms with Gasteiger partial charge in [0.15, 0.2) is 0 Å². The highest BCUT2D eigenvalue weighted by Gasteiger charge is 2.18. The van der Waals surface area contributed by atoms with Crippen molar-refractivity contribution in [3.05, 3.63) is 63.4 Å². The fraction of sp³-hybridized carbons (Fsp3) is 0.333. The van der Waals surface area contributed by atoms with Crippen molar-refractivity contribution in [3.8, 4) is 0 Å². The van der Waals surface area contributed by atoms with Crippen LogP contribution in [0.3, 0.4) is 0 Å². The molecule has 1 aliphatic heterocycles. The average molecular weight is 364 g/mol. The zero-order valence-electron chi connectivity index (χ0n) is 13.2. The number of hydrogen-bond acceptors (Lipinski definition) is 3. The van der Waals surface area contributed by atoms with Crippen molar-refractivity contribution in [3.63, 3.8) is 0 Å². The molecule has 1 unspecified atom stereocenters. The first kappa shape index (κ1) is 17.2. The van der Waals surface area contributed by atoms with Crippen LogP contribution in [0.2, 0.25) is 10.0 Å². The minimum atomic E-state index is -0.000366. The molecule has 0 saturated heterocycles. The van der Waals surface area contributed by atoms with Gasteiger partial charge in [-0.1, -0.05) is 47.5 Å². The van der Waals surface area contributed by atoms with Crippen molar-refractivity contribution in [1.82, 2.24) is 15.6 Å². The summed E-state index contributed by atoms with van der Waals surface area (Å²) in [5.74, 6) is -0.000366. The molecule has 1 aromatic heterocycles. The summed E-state index contributed by atoms with van der Waals surface area (Å²) in [7, 11) is 0. The molecule has 0 saturated carbocycles. The predicted molar refractivity (Wildman–Crippen MR) is 96.1 cm³/mol. The van der Waals surface area contributed by atoms with Crippen LogP contribution in [0.15, 0.2) is 36.7 Å². The highest BCUT2D eigenvalue weighted by molar-refractivity contribution is 6.35. The van der Waals surface area contributed by atoms with Crippen molar-refractivity contribution >= 4 is 29.1 Å². The molecule has 4 nitrogen and oxygen atoms in total. The number of nitrogens with one attached hydrogen (secondary N) is 2. The molecule has 24 heavy (non-hydrogen) atoms. The largest absolute Gasteiger partial charge is 0.352 e. The first-order valence-corrected chi connectivity index (χ1v) is 8.74. The smallest absolute Gasteiger partial charge is 0.220 e. The van der Waals surface area contributed by atoms with Crippen LogP contribution in [0.5, 0.6) is 0 Å². The topological polar surface area (TPSA) is 54.0 Å². The van der Waals surface area contributed by atoms with E-state index < -0.39 is 0 Å². The zero-order chi connectivity index (χ0) is 16.9. The average Bonchev–Trinajstić information content (AvgIpc) is 2.59. The van der Waals surface area contributed by atoms with E-state index in [1.54, 1.807) is 0 Å². The standard InChI is InChI=1S/C18H19Cl2N3O/c19-16-10-21-11-17(20)15(16)9-23-18(24)6-5-14-7-12-3-1-2-4-13(12)8-22-14/h1-4,10-11,14,22H,5-9H2,(H,23,24). The Morgan fingerprint density at radius 3 is 2.67 bits per heavy atom. The first-order chi connectivity index (χ1) is 11.6. The normalized spacial score (nSPS) is 16.5. The number of carbonyl (C=O) groups is 1. The molecular weight excluding hydrogens is 345 g/mol. The third-order valence-corrected chi connectivity index (χ3v) is 4.95. The van der Waals surface area contributed by atoms with Gasteiger partial charge >= 0.3 is 0 Å². The van der Waals surface area contributed by atoms with Crippen molar-refractivity contribution in [2.24, 2.45) is 0 Å². The second-order valence-electron chi connectivity index (χ2n) is 5.95. The minimum absolute atomic E-state index is 0.000366. The Bertz CT molecular complexity index is 716. The summed E-state index contributed by atoms with van der Waals surface area (Å²) in [6.07, 6.45) is 5.29. The molecule has 2 aromatic rings. The van der Waals surface area contributed by atoms with Crippen LogP contribution in [-0.2, 0) is 24.3 Å². The molecule has 0 spiro atoms. The maximum atomic E-state index is 12.1. The fourth-order valence-corrected chi connectivity index (χ4v) is 3.41. The van der Waals surface area contributed by atoms with E-state index in [0.717, 1.165) is 19.4 Å². The van der Waals surface area contributed by atoms with Crippen LogP contribution in [0.25, 0.3) is 0 Å². The van der Waals surface area contributed by atoms with Gasteiger partial charge in [-0.15, -0.1) is 0 Å². The molecule has 2 heterocycles. The summed E-state index contributed by atoms with van der Waals surface area (Å²) in [6.45, 7) is 1.19. The van der Waals surface area contributed by atoms with Crippen LogP contribution in [0, 0.1) is 0 Å². The number of rotatable bonds is 5. The highest BCUT2D eigenvalue weighted by Crippen LogP contribution is 2.22. The van der Waals surface area contributed by atoms with Gasteiger partial charge in [-0.3, -0.25) is 9.78 Å². The van der Waals surface area contributed by atoms with Gasteiger partial charge in [0.1, 0.15) is 0 Å². The molecule has 6 heteroatoms.